The molecule has 5 heteroatoms. The second-order valence-electron chi connectivity index (χ2n) is 3.29. The van der Waals surface area contributed by atoms with Crippen molar-refractivity contribution in [1.82, 2.24) is 0 Å². The molecule has 17 heavy (non-hydrogen) atoms. The lowest BCUT2D eigenvalue weighted by Crippen LogP contribution is -1.97. The summed E-state index contributed by atoms with van der Waals surface area (Å²) in [6, 6.07) is 6.71. The highest BCUT2D eigenvalue weighted by molar-refractivity contribution is 6.35. The van der Waals surface area contributed by atoms with Crippen molar-refractivity contribution in [3.05, 3.63) is 51.9 Å². The SMILES string of the molecule is O=Cc1occc1OCc1ccc(Cl)cc1Cl. The maximum Gasteiger partial charge on any atom is 0.208 e. The molecule has 0 fully saturated rings. The third-order valence-electron chi connectivity index (χ3n) is 2.16. The lowest BCUT2D eigenvalue weighted by atomic mass is 10.2. The van der Waals surface area contributed by atoms with Gasteiger partial charge in [-0.05, 0) is 12.1 Å². The first-order chi connectivity index (χ1) is 8.20. The van der Waals surface area contributed by atoms with E-state index in [-0.39, 0.29) is 12.4 Å². The Bertz CT molecular complexity index is 534. The number of rotatable bonds is 4. The van der Waals surface area contributed by atoms with Crippen molar-refractivity contribution < 1.29 is 13.9 Å². The summed E-state index contributed by atoms with van der Waals surface area (Å²) in [5.74, 6) is 0.557. The Kier molecular flexibility index (Phi) is 3.71. The number of ether oxygens (including phenoxy) is 1. The van der Waals surface area contributed by atoms with Gasteiger partial charge in [-0.15, -0.1) is 0 Å². The van der Waals surface area contributed by atoms with Crippen LogP contribution in [-0.4, -0.2) is 6.29 Å². The minimum Gasteiger partial charge on any atom is -0.485 e. The van der Waals surface area contributed by atoms with E-state index >= 15 is 0 Å². The molecule has 1 aromatic heterocycles. The fourth-order valence-corrected chi connectivity index (χ4v) is 1.77. The number of aldehydes is 1. The van der Waals surface area contributed by atoms with E-state index in [0.29, 0.717) is 22.1 Å². The van der Waals surface area contributed by atoms with Gasteiger partial charge >= 0.3 is 0 Å². The lowest BCUT2D eigenvalue weighted by Gasteiger charge is -2.06. The fourth-order valence-electron chi connectivity index (χ4n) is 1.31. The largest absolute Gasteiger partial charge is 0.485 e. The molecule has 0 aliphatic carbocycles. The number of hydrogen-bond acceptors (Lipinski definition) is 3. The van der Waals surface area contributed by atoms with Crippen LogP contribution in [0.1, 0.15) is 16.1 Å². The van der Waals surface area contributed by atoms with Crippen LogP contribution in [0.4, 0.5) is 0 Å². The third-order valence-corrected chi connectivity index (χ3v) is 2.75. The second kappa shape index (κ2) is 5.25. The molecule has 0 aliphatic heterocycles. The Morgan fingerprint density at radius 3 is 2.82 bits per heavy atom. The summed E-state index contributed by atoms with van der Waals surface area (Å²) in [5, 5.41) is 1.09. The van der Waals surface area contributed by atoms with Gasteiger partial charge in [0, 0.05) is 21.7 Å². The molecule has 0 bridgehead atoms. The Morgan fingerprint density at radius 2 is 2.12 bits per heavy atom. The zero-order valence-electron chi connectivity index (χ0n) is 8.65. The van der Waals surface area contributed by atoms with E-state index in [1.54, 1.807) is 24.3 Å². The smallest absolute Gasteiger partial charge is 0.208 e. The molecule has 0 saturated carbocycles. The number of furan rings is 1. The standard InChI is InChI=1S/C12H8Cl2O3/c13-9-2-1-8(10(14)5-9)7-17-11-3-4-16-12(11)6-15/h1-6H,7H2. The maximum atomic E-state index is 10.6. The van der Waals surface area contributed by atoms with Crippen LogP contribution in [0.3, 0.4) is 0 Å². The number of carbonyl (C=O) groups excluding carboxylic acids is 1. The summed E-state index contributed by atoms with van der Waals surface area (Å²) in [4.78, 5) is 10.6. The number of carbonyl (C=O) groups is 1. The Labute approximate surface area is 108 Å². The van der Waals surface area contributed by atoms with Crippen molar-refractivity contribution >= 4 is 29.5 Å². The molecule has 0 saturated heterocycles. The van der Waals surface area contributed by atoms with Crippen molar-refractivity contribution in [3.8, 4) is 5.75 Å². The molecule has 0 amide bonds. The van der Waals surface area contributed by atoms with Crippen molar-refractivity contribution in [2.24, 2.45) is 0 Å². The molecule has 1 aromatic carbocycles. The Balaban J connectivity index is 2.10. The van der Waals surface area contributed by atoms with Crippen molar-refractivity contribution in [2.75, 3.05) is 0 Å². The van der Waals surface area contributed by atoms with E-state index in [1.807, 2.05) is 0 Å². The summed E-state index contributed by atoms with van der Waals surface area (Å²) in [7, 11) is 0. The van der Waals surface area contributed by atoms with Crippen LogP contribution in [0, 0.1) is 0 Å². The van der Waals surface area contributed by atoms with Crippen LogP contribution in [0.2, 0.25) is 10.0 Å². The molecule has 2 rings (SSSR count). The average Bonchev–Trinajstić information content (AvgIpc) is 2.75. The second-order valence-corrected chi connectivity index (χ2v) is 4.13. The van der Waals surface area contributed by atoms with Crippen LogP contribution in [-0.2, 0) is 6.61 Å². The number of hydrogen-bond donors (Lipinski definition) is 0. The predicted molar refractivity (Wildman–Crippen MR) is 64.9 cm³/mol. The highest BCUT2D eigenvalue weighted by atomic mass is 35.5. The van der Waals surface area contributed by atoms with Gasteiger partial charge in [-0.3, -0.25) is 4.79 Å². The van der Waals surface area contributed by atoms with E-state index in [1.165, 1.54) is 6.26 Å². The number of halogens is 2. The highest BCUT2D eigenvalue weighted by Crippen LogP contribution is 2.24. The minimum atomic E-state index is 0.162. The van der Waals surface area contributed by atoms with Crippen LogP contribution in [0.25, 0.3) is 0 Å². The summed E-state index contributed by atoms with van der Waals surface area (Å²) in [6.07, 6.45) is 1.99. The molecule has 2 aromatic rings. The van der Waals surface area contributed by atoms with Gasteiger partial charge in [-0.1, -0.05) is 29.3 Å². The van der Waals surface area contributed by atoms with Gasteiger partial charge in [0.15, 0.2) is 12.0 Å². The third kappa shape index (κ3) is 2.81. The summed E-state index contributed by atoms with van der Waals surface area (Å²) < 4.78 is 10.3. The molecule has 0 unspecified atom stereocenters. The van der Waals surface area contributed by atoms with Crippen LogP contribution < -0.4 is 4.74 Å². The monoisotopic (exact) mass is 270 g/mol. The van der Waals surface area contributed by atoms with E-state index in [2.05, 4.69) is 0 Å². The predicted octanol–water partition coefficient (Wildman–Crippen LogP) is 3.98. The Hall–Kier alpha value is -1.45. The van der Waals surface area contributed by atoms with Crippen molar-refractivity contribution in [1.29, 1.82) is 0 Å². The van der Waals surface area contributed by atoms with Gasteiger partial charge in [-0.25, -0.2) is 0 Å². The zero-order valence-corrected chi connectivity index (χ0v) is 10.2. The van der Waals surface area contributed by atoms with E-state index in [0.717, 1.165) is 5.56 Å². The summed E-state index contributed by atoms with van der Waals surface area (Å²) in [6.45, 7) is 0.246. The van der Waals surface area contributed by atoms with Gasteiger partial charge in [0.2, 0.25) is 5.76 Å². The van der Waals surface area contributed by atoms with Gasteiger partial charge in [0.05, 0.1) is 6.26 Å². The average molecular weight is 271 g/mol. The molecular weight excluding hydrogens is 263 g/mol. The quantitative estimate of drug-likeness (QED) is 0.789. The van der Waals surface area contributed by atoms with Crippen LogP contribution in [0.5, 0.6) is 5.75 Å². The zero-order chi connectivity index (χ0) is 12.3. The summed E-state index contributed by atoms with van der Waals surface area (Å²) >= 11 is 11.8. The molecule has 0 radical (unpaired) electrons. The highest BCUT2D eigenvalue weighted by Gasteiger charge is 2.08. The van der Waals surface area contributed by atoms with Crippen molar-refractivity contribution in [3.63, 3.8) is 0 Å². The van der Waals surface area contributed by atoms with E-state index in [4.69, 9.17) is 32.4 Å². The van der Waals surface area contributed by atoms with Gasteiger partial charge in [0.25, 0.3) is 0 Å². The molecule has 0 N–H and O–H groups in total. The minimum absolute atomic E-state index is 0.162. The lowest BCUT2D eigenvalue weighted by molar-refractivity contribution is 0.109. The first kappa shape index (κ1) is 12.0. The van der Waals surface area contributed by atoms with E-state index < -0.39 is 0 Å². The van der Waals surface area contributed by atoms with Crippen molar-refractivity contribution in [2.45, 2.75) is 6.61 Å². The molecule has 1 heterocycles. The molecule has 0 atom stereocenters. The maximum absolute atomic E-state index is 10.6. The summed E-state index contributed by atoms with van der Waals surface area (Å²) in [5.41, 5.74) is 0.786. The van der Waals surface area contributed by atoms with Crippen LogP contribution in [0.15, 0.2) is 34.9 Å². The van der Waals surface area contributed by atoms with Gasteiger partial charge < -0.3 is 9.15 Å². The fraction of sp³-hybridized carbons (Fsp3) is 0.0833. The van der Waals surface area contributed by atoms with Gasteiger partial charge in [0.1, 0.15) is 6.61 Å². The first-order valence-electron chi connectivity index (χ1n) is 4.80. The normalized spacial score (nSPS) is 10.2. The molecule has 0 spiro atoms. The molecule has 88 valence electrons. The molecule has 0 aliphatic rings. The molecular formula is C12H8Cl2O3. The van der Waals surface area contributed by atoms with Crippen LogP contribution >= 0.6 is 23.2 Å². The number of benzene rings is 1. The van der Waals surface area contributed by atoms with E-state index in [9.17, 15) is 4.79 Å². The Morgan fingerprint density at radius 1 is 1.29 bits per heavy atom. The van der Waals surface area contributed by atoms with Gasteiger partial charge in [-0.2, -0.15) is 0 Å². The first-order valence-corrected chi connectivity index (χ1v) is 5.55. The topological polar surface area (TPSA) is 39.4 Å². The molecule has 3 nitrogen and oxygen atoms in total.